The normalized spacial score (nSPS) is 11.6. The third kappa shape index (κ3) is 3.20. The highest BCUT2D eigenvalue weighted by atomic mass is 35.5. The molecule has 1 aromatic heterocycles. The van der Waals surface area contributed by atoms with E-state index in [1.165, 1.54) is 12.1 Å². The van der Waals surface area contributed by atoms with Crippen LogP contribution < -0.4 is 4.74 Å². The first-order valence-electron chi connectivity index (χ1n) is 5.50. The molecule has 0 N–H and O–H groups in total. The summed E-state index contributed by atoms with van der Waals surface area (Å²) >= 11 is 17.8. The summed E-state index contributed by atoms with van der Waals surface area (Å²) < 4.78 is 43.9. The highest BCUT2D eigenvalue weighted by Gasteiger charge is 2.36. The van der Waals surface area contributed by atoms with Gasteiger partial charge in [0.25, 0.3) is 0 Å². The van der Waals surface area contributed by atoms with E-state index in [9.17, 15) is 13.2 Å². The van der Waals surface area contributed by atoms with Crippen LogP contribution in [0.1, 0.15) is 5.56 Å². The zero-order chi connectivity index (χ0) is 15.8. The molecular weight excluding hydrogens is 350 g/mol. The van der Waals surface area contributed by atoms with Crippen molar-refractivity contribution in [2.75, 3.05) is 7.11 Å². The summed E-state index contributed by atoms with van der Waals surface area (Å²) in [5.74, 6) is -0.448. The van der Waals surface area contributed by atoms with Crippen molar-refractivity contribution in [3.8, 4) is 17.0 Å². The van der Waals surface area contributed by atoms with Crippen molar-refractivity contribution in [2.24, 2.45) is 0 Å². The molecule has 1 aromatic carbocycles. The lowest BCUT2D eigenvalue weighted by molar-refractivity contribution is -0.138. The Hall–Kier alpha value is -1.17. The Bertz CT molecular complexity index is 666. The van der Waals surface area contributed by atoms with E-state index in [0.717, 1.165) is 19.4 Å². The number of ether oxygens (including phenoxy) is 1. The Morgan fingerprint density at radius 1 is 1.10 bits per heavy atom. The van der Waals surface area contributed by atoms with Crippen LogP contribution in [-0.4, -0.2) is 12.1 Å². The van der Waals surface area contributed by atoms with Crippen LogP contribution in [0, 0.1) is 0 Å². The first-order chi connectivity index (χ1) is 9.75. The first-order valence-corrected chi connectivity index (χ1v) is 6.64. The van der Waals surface area contributed by atoms with E-state index < -0.39 is 17.5 Å². The lowest BCUT2D eigenvalue weighted by atomic mass is 10.1. The molecule has 0 saturated heterocycles. The molecule has 0 amide bonds. The molecule has 0 spiro atoms. The van der Waals surface area contributed by atoms with Gasteiger partial charge in [-0.2, -0.15) is 13.2 Å². The summed E-state index contributed by atoms with van der Waals surface area (Å²) in [5.41, 5.74) is -0.929. The molecule has 2 aromatic rings. The summed E-state index contributed by atoms with van der Waals surface area (Å²) in [5, 5.41) is 0.426. The topological polar surface area (TPSA) is 22.1 Å². The van der Waals surface area contributed by atoms with Gasteiger partial charge in [0.15, 0.2) is 5.75 Å². The molecule has 8 heteroatoms. The van der Waals surface area contributed by atoms with Crippen LogP contribution >= 0.6 is 34.8 Å². The van der Waals surface area contributed by atoms with Gasteiger partial charge in [0.1, 0.15) is 11.3 Å². The van der Waals surface area contributed by atoms with Crippen molar-refractivity contribution in [3.63, 3.8) is 0 Å². The second-order valence-electron chi connectivity index (χ2n) is 3.98. The minimum atomic E-state index is -4.59. The average Bonchev–Trinajstić information content (AvgIpc) is 2.36. The molecule has 0 aliphatic heterocycles. The number of pyridine rings is 1. The molecule has 0 atom stereocenters. The molecule has 0 saturated carbocycles. The number of nitrogens with zero attached hydrogens (tertiary/aromatic N) is 1. The zero-order valence-corrected chi connectivity index (χ0v) is 12.7. The third-order valence-electron chi connectivity index (χ3n) is 2.66. The van der Waals surface area contributed by atoms with Crippen LogP contribution in [0.25, 0.3) is 11.3 Å². The van der Waals surface area contributed by atoms with Crippen molar-refractivity contribution in [1.82, 2.24) is 4.98 Å². The summed E-state index contributed by atoms with van der Waals surface area (Å²) in [7, 11) is 1.12. The number of halogens is 6. The predicted octanol–water partition coefficient (Wildman–Crippen LogP) is 5.74. The fraction of sp³-hybridized carbons (Fsp3) is 0.154. The van der Waals surface area contributed by atoms with Crippen LogP contribution in [0.3, 0.4) is 0 Å². The van der Waals surface area contributed by atoms with Gasteiger partial charge in [-0.25, -0.2) is 0 Å². The fourth-order valence-corrected chi connectivity index (χ4v) is 2.82. The molecule has 2 rings (SSSR count). The number of hydrogen-bond acceptors (Lipinski definition) is 2. The molecule has 21 heavy (non-hydrogen) atoms. The van der Waals surface area contributed by atoms with E-state index in [0.29, 0.717) is 0 Å². The molecule has 0 radical (unpaired) electrons. The number of methoxy groups -OCH3 is 1. The maximum absolute atomic E-state index is 13.0. The Labute approximate surface area is 133 Å². The minimum Gasteiger partial charge on any atom is -0.494 e. The Morgan fingerprint density at radius 2 is 1.67 bits per heavy atom. The van der Waals surface area contributed by atoms with Crippen LogP contribution in [0.2, 0.25) is 15.1 Å². The van der Waals surface area contributed by atoms with Crippen LogP contribution in [0.15, 0.2) is 24.4 Å². The Kier molecular flexibility index (Phi) is 4.56. The van der Waals surface area contributed by atoms with E-state index in [-0.39, 0.29) is 26.3 Å². The van der Waals surface area contributed by atoms with Gasteiger partial charge in [-0.1, -0.05) is 34.8 Å². The van der Waals surface area contributed by atoms with Gasteiger partial charge in [-0.3, -0.25) is 4.98 Å². The number of hydrogen-bond donors (Lipinski definition) is 0. The quantitative estimate of drug-likeness (QED) is 0.685. The van der Waals surface area contributed by atoms with Gasteiger partial charge in [-0.05, 0) is 18.2 Å². The molecular formula is C13H7Cl3F3NO. The second-order valence-corrected chi connectivity index (χ2v) is 5.23. The van der Waals surface area contributed by atoms with Crippen molar-refractivity contribution >= 4 is 34.8 Å². The summed E-state index contributed by atoms with van der Waals surface area (Å²) in [6.45, 7) is 0. The van der Waals surface area contributed by atoms with Crippen molar-refractivity contribution in [3.05, 3.63) is 45.0 Å². The highest BCUT2D eigenvalue weighted by Crippen LogP contribution is 2.45. The van der Waals surface area contributed by atoms with E-state index >= 15 is 0 Å². The van der Waals surface area contributed by atoms with Gasteiger partial charge >= 0.3 is 6.18 Å². The Balaban J connectivity index is 2.77. The second kappa shape index (κ2) is 5.91. The average molecular weight is 357 g/mol. The molecule has 1 heterocycles. The van der Waals surface area contributed by atoms with Crippen LogP contribution in [0.4, 0.5) is 13.2 Å². The number of benzene rings is 1. The van der Waals surface area contributed by atoms with E-state index in [1.807, 2.05) is 0 Å². The maximum atomic E-state index is 13.0. The summed E-state index contributed by atoms with van der Waals surface area (Å²) in [6.07, 6.45) is -3.57. The van der Waals surface area contributed by atoms with Gasteiger partial charge in [0.05, 0.1) is 17.2 Å². The largest absolute Gasteiger partial charge is 0.494 e. The molecule has 0 aliphatic rings. The lowest BCUT2D eigenvalue weighted by Gasteiger charge is -2.16. The van der Waals surface area contributed by atoms with Crippen LogP contribution in [-0.2, 0) is 6.18 Å². The van der Waals surface area contributed by atoms with E-state index in [2.05, 4.69) is 4.98 Å². The van der Waals surface area contributed by atoms with Crippen molar-refractivity contribution in [1.29, 1.82) is 0 Å². The number of aromatic nitrogens is 1. The fourth-order valence-electron chi connectivity index (χ4n) is 1.82. The lowest BCUT2D eigenvalue weighted by Crippen LogP contribution is -2.09. The van der Waals surface area contributed by atoms with Crippen molar-refractivity contribution < 1.29 is 17.9 Å². The monoisotopic (exact) mass is 355 g/mol. The standard InChI is InChI=1S/C13H7Cl3F3NO/c1-21-12-7(13(17,18)19)2-3-20-11(12)10-8(15)4-6(14)5-9(10)16/h2-5H,1H3. The SMILES string of the molecule is COc1c(C(F)(F)F)ccnc1-c1c(Cl)cc(Cl)cc1Cl. The van der Waals surface area contributed by atoms with Gasteiger partial charge in [0.2, 0.25) is 0 Å². The highest BCUT2D eigenvalue weighted by molar-refractivity contribution is 6.41. The third-order valence-corrected chi connectivity index (χ3v) is 3.47. The van der Waals surface area contributed by atoms with Gasteiger partial charge in [-0.15, -0.1) is 0 Å². The molecule has 112 valence electrons. The Morgan fingerprint density at radius 3 is 2.14 bits per heavy atom. The molecule has 2 nitrogen and oxygen atoms in total. The zero-order valence-electron chi connectivity index (χ0n) is 10.4. The van der Waals surface area contributed by atoms with Gasteiger partial charge in [0, 0.05) is 16.8 Å². The molecule has 0 aliphatic carbocycles. The molecule has 0 unspecified atom stereocenters. The first kappa shape index (κ1) is 16.2. The molecule has 0 bridgehead atoms. The smallest absolute Gasteiger partial charge is 0.420 e. The minimum absolute atomic E-state index is 0.0811. The number of rotatable bonds is 2. The van der Waals surface area contributed by atoms with Gasteiger partial charge < -0.3 is 4.74 Å². The van der Waals surface area contributed by atoms with Crippen LogP contribution in [0.5, 0.6) is 5.75 Å². The maximum Gasteiger partial charge on any atom is 0.420 e. The van der Waals surface area contributed by atoms with E-state index in [1.54, 1.807) is 0 Å². The summed E-state index contributed by atoms with van der Waals surface area (Å²) in [6, 6.07) is 3.55. The van der Waals surface area contributed by atoms with Crippen molar-refractivity contribution in [2.45, 2.75) is 6.18 Å². The van der Waals surface area contributed by atoms with E-state index in [4.69, 9.17) is 39.5 Å². The number of alkyl halides is 3. The predicted molar refractivity (Wildman–Crippen MR) is 76.3 cm³/mol. The molecule has 0 fully saturated rings. The summed E-state index contributed by atoms with van der Waals surface area (Å²) in [4.78, 5) is 3.91.